The van der Waals surface area contributed by atoms with Crippen LogP contribution in [0.5, 0.6) is 5.75 Å². The first-order chi connectivity index (χ1) is 9.36. The quantitative estimate of drug-likeness (QED) is 0.910. The van der Waals surface area contributed by atoms with Crippen molar-refractivity contribution in [1.82, 2.24) is 9.62 Å². The predicted molar refractivity (Wildman–Crippen MR) is 81.0 cm³/mol. The molecule has 0 radical (unpaired) electrons. The van der Waals surface area contributed by atoms with Gasteiger partial charge in [-0.2, -0.15) is 4.31 Å². The lowest BCUT2D eigenvalue weighted by atomic mass is 10.2. The Kier molecular flexibility index (Phi) is 5.98. The standard InChI is InChI=1S/C13H19FN2O3S.ClH/c1-9-8-16(10(2)7-15-9)20(17,18)11-4-5-13(19-3)12(14)6-11;/h4-6,9-10,15H,7-8H2,1-3H3;1H. The molecule has 2 atom stereocenters. The van der Waals surface area contributed by atoms with Crippen LogP contribution in [0.25, 0.3) is 0 Å². The molecule has 0 amide bonds. The minimum absolute atomic E-state index is 0. The maximum atomic E-state index is 13.7. The summed E-state index contributed by atoms with van der Waals surface area (Å²) in [5.41, 5.74) is 0. The van der Waals surface area contributed by atoms with Crippen molar-refractivity contribution in [3.8, 4) is 5.75 Å². The van der Waals surface area contributed by atoms with E-state index in [1.54, 1.807) is 0 Å². The van der Waals surface area contributed by atoms with E-state index in [1.807, 2.05) is 13.8 Å². The lowest BCUT2D eigenvalue weighted by Crippen LogP contribution is -2.56. The molecule has 1 aliphatic heterocycles. The topological polar surface area (TPSA) is 58.6 Å². The van der Waals surface area contributed by atoms with Gasteiger partial charge in [-0.1, -0.05) is 0 Å². The van der Waals surface area contributed by atoms with E-state index in [1.165, 1.54) is 23.5 Å². The normalized spacial score (nSPS) is 23.4. The van der Waals surface area contributed by atoms with Gasteiger partial charge in [0.25, 0.3) is 0 Å². The van der Waals surface area contributed by atoms with E-state index in [9.17, 15) is 12.8 Å². The van der Waals surface area contributed by atoms with Gasteiger partial charge < -0.3 is 10.1 Å². The minimum Gasteiger partial charge on any atom is -0.494 e. The third-order valence-corrected chi connectivity index (χ3v) is 5.41. The number of hydrogen-bond acceptors (Lipinski definition) is 4. The van der Waals surface area contributed by atoms with E-state index in [2.05, 4.69) is 5.32 Å². The van der Waals surface area contributed by atoms with Crippen molar-refractivity contribution >= 4 is 22.4 Å². The number of hydrogen-bond donors (Lipinski definition) is 1. The Morgan fingerprint density at radius 1 is 1.38 bits per heavy atom. The SMILES string of the molecule is COc1ccc(S(=O)(=O)N2CC(C)NCC2C)cc1F.Cl. The van der Waals surface area contributed by atoms with Gasteiger partial charge in [-0.15, -0.1) is 12.4 Å². The number of nitrogens with one attached hydrogen (secondary N) is 1. The number of piperazine rings is 1. The summed E-state index contributed by atoms with van der Waals surface area (Å²) in [4.78, 5) is -0.0447. The molecular weight excluding hydrogens is 319 g/mol. The molecule has 5 nitrogen and oxygen atoms in total. The van der Waals surface area contributed by atoms with Crippen LogP contribution in [0, 0.1) is 5.82 Å². The summed E-state index contributed by atoms with van der Waals surface area (Å²) >= 11 is 0. The molecule has 1 fully saturated rings. The van der Waals surface area contributed by atoms with Crippen molar-refractivity contribution in [2.24, 2.45) is 0 Å². The number of ether oxygens (including phenoxy) is 1. The summed E-state index contributed by atoms with van der Waals surface area (Å²) in [7, 11) is -2.35. The Balaban J connectivity index is 0.00000220. The molecule has 2 unspecified atom stereocenters. The highest BCUT2D eigenvalue weighted by Crippen LogP contribution is 2.25. The molecule has 0 bridgehead atoms. The van der Waals surface area contributed by atoms with Crippen LogP contribution in [0.15, 0.2) is 23.1 Å². The van der Waals surface area contributed by atoms with Crippen molar-refractivity contribution < 1.29 is 17.5 Å². The second-order valence-electron chi connectivity index (χ2n) is 5.03. The second-order valence-corrected chi connectivity index (χ2v) is 6.92. The molecule has 8 heteroatoms. The molecule has 0 saturated carbocycles. The number of methoxy groups -OCH3 is 1. The molecule has 0 aliphatic carbocycles. The lowest BCUT2D eigenvalue weighted by Gasteiger charge is -2.36. The Morgan fingerprint density at radius 3 is 2.62 bits per heavy atom. The molecule has 1 N–H and O–H groups in total. The van der Waals surface area contributed by atoms with Gasteiger partial charge >= 0.3 is 0 Å². The zero-order chi connectivity index (χ0) is 14.9. The zero-order valence-electron chi connectivity index (χ0n) is 12.2. The van der Waals surface area contributed by atoms with Crippen LogP contribution in [0.4, 0.5) is 4.39 Å². The smallest absolute Gasteiger partial charge is 0.243 e. The van der Waals surface area contributed by atoms with Crippen LogP contribution in [-0.2, 0) is 10.0 Å². The summed E-state index contributed by atoms with van der Waals surface area (Å²) in [5.74, 6) is -0.643. The van der Waals surface area contributed by atoms with Gasteiger partial charge in [-0.05, 0) is 32.0 Å². The van der Waals surface area contributed by atoms with Crippen LogP contribution in [0.3, 0.4) is 0 Å². The third kappa shape index (κ3) is 3.66. The maximum Gasteiger partial charge on any atom is 0.243 e. The first-order valence-corrected chi connectivity index (χ1v) is 7.89. The Labute approximate surface area is 130 Å². The fraction of sp³-hybridized carbons (Fsp3) is 0.538. The zero-order valence-corrected chi connectivity index (χ0v) is 13.8. The highest BCUT2D eigenvalue weighted by atomic mass is 35.5. The van der Waals surface area contributed by atoms with Crippen LogP contribution in [0.2, 0.25) is 0 Å². The summed E-state index contributed by atoms with van der Waals surface area (Å²) in [6.07, 6.45) is 0. The third-order valence-electron chi connectivity index (χ3n) is 3.44. The fourth-order valence-corrected chi connectivity index (χ4v) is 4.00. The van der Waals surface area contributed by atoms with E-state index in [4.69, 9.17) is 4.74 Å². The average molecular weight is 339 g/mol. The van der Waals surface area contributed by atoms with Crippen LogP contribution in [-0.4, -0.2) is 45.0 Å². The number of nitrogens with zero attached hydrogens (tertiary/aromatic N) is 1. The molecular formula is C13H20ClFN2O3S. The van der Waals surface area contributed by atoms with Gasteiger partial charge in [-0.25, -0.2) is 12.8 Å². The van der Waals surface area contributed by atoms with E-state index in [0.29, 0.717) is 13.1 Å². The van der Waals surface area contributed by atoms with Gasteiger partial charge in [-0.3, -0.25) is 0 Å². The lowest BCUT2D eigenvalue weighted by molar-refractivity contribution is 0.244. The van der Waals surface area contributed by atoms with E-state index >= 15 is 0 Å². The number of sulfonamides is 1. The number of benzene rings is 1. The summed E-state index contributed by atoms with van der Waals surface area (Å²) in [6.45, 7) is 4.70. The van der Waals surface area contributed by atoms with Crippen LogP contribution < -0.4 is 10.1 Å². The maximum absolute atomic E-state index is 13.7. The monoisotopic (exact) mass is 338 g/mol. The predicted octanol–water partition coefficient (Wildman–Crippen LogP) is 1.63. The highest BCUT2D eigenvalue weighted by molar-refractivity contribution is 7.89. The molecule has 1 saturated heterocycles. The molecule has 1 aliphatic rings. The van der Waals surface area contributed by atoms with Crippen molar-refractivity contribution in [3.05, 3.63) is 24.0 Å². The van der Waals surface area contributed by atoms with Crippen molar-refractivity contribution in [1.29, 1.82) is 0 Å². The van der Waals surface area contributed by atoms with Gasteiger partial charge in [0.15, 0.2) is 11.6 Å². The summed E-state index contributed by atoms with van der Waals surface area (Å²) in [5, 5.41) is 3.21. The minimum atomic E-state index is -3.69. The molecule has 0 spiro atoms. The molecule has 1 aromatic carbocycles. The first-order valence-electron chi connectivity index (χ1n) is 6.45. The van der Waals surface area contributed by atoms with Crippen molar-refractivity contribution in [2.75, 3.05) is 20.2 Å². The Morgan fingerprint density at radius 2 is 2.05 bits per heavy atom. The van der Waals surface area contributed by atoms with Crippen LogP contribution >= 0.6 is 12.4 Å². The molecule has 1 aromatic rings. The summed E-state index contributed by atoms with van der Waals surface area (Å²) in [6, 6.07) is 3.62. The van der Waals surface area contributed by atoms with E-state index in [0.717, 1.165) is 6.07 Å². The van der Waals surface area contributed by atoms with Crippen molar-refractivity contribution in [2.45, 2.75) is 30.8 Å². The van der Waals surface area contributed by atoms with E-state index in [-0.39, 0.29) is 35.1 Å². The van der Waals surface area contributed by atoms with E-state index < -0.39 is 15.8 Å². The molecule has 21 heavy (non-hydrogen) atoms. The fourth-order valence-electron chi connectivity index (χ4n) is 2.27. The van der Waals surface area contributed by atoms with Crippen molar-refractivity contribution in [3.63, 3.8) is 0 Å². The Hall–Kier alpha value is -0.890. The van der Waals surface area contributed by atoms with Gasteiger partial charge in [0.2, 0.25) is 10.0 Å². The summed E-state index contributed by atoms with van der Waals surface area (Å²) < 4.78 is 45.1. The average Bonchev–Trinajstić information content (AvgIpc) is 2.41. The number of halogens is 2. The van der Waals surface area contributed by atoms with Gasteiger partial charge in [0.1, 0.15) is 0 Å². The largest absolute Gasteiger partial charge is 0.494 e. The van der Waals surface area contributed by atoms with Gasteiger partial charge in [0, 0.05) is 25.2 Å². The molecule has 2 rings (SSSR count). The number of rotatable bonds is 3. The molecule has 120 valence electrons. The molecule has 0 aromatic heterocycles. The Bertz CT molecular complexity index is 597. The van der Waals surface area contributed by atoms with Gasteiger partial charge in [0.05, 0.1) is 12.0 Å². The second kappa shape index (κ2) is 6.91. The van der Waals surface area contributed by atoms with Crippen LogP contribution in [0.1, 0.15) is 13.8 Å². The first kappa shape index (κ1) is 18.2. The molecule has 1 heterocycles. The highest BCUT2D eigenvalue weighted by Gasteiger charge is 2.33.